The van der Waals surface area contributed by atoms with Crippen LogP contribution in [0.3, 0.4) is 0 Å². The molecule has 0 aliphatic heterocycles. The van der Waals surface area contributed by atoms with Crippen molar-refractivity contribution in [3.63, 3.8) is 0 Å². The number of para-hydroxylation sites is 1. The van der Waals surface area contributed by atoms with E-state index in [1.165, 1.54) is 32.1 Å². The van der Waals surface area contributed by atoms with Crippen LogP contribution >= 0.6 is 0 Å². The van der Waals surface area contributed by atoms with E-state index in [4.69, 9.17) is 0 Å². The molecule has 1 aromatic heterocycles. The molecule has 3 rings (SSSR count). The molecule has 3 nitrogen and oxygen atoms in total. The summed E-state index contributed by atoms with van der Waals surface area (Å²) in [6.45, 7) is 0. The summed E-state index contributed by atoms with van der Waals surface area (Å²) in [6.07, 6.45) is 7.59. The van der Waals surface area contributed by atoms with Crippen molar-refractivity contribution in [1.29, 1.82) is 0 Å². The van der Waals surface area contributed by atoms with Gasteiger partial charge in [-0.2, -0.15) is 4.98 Å². The van der Waals surface area contributed by atoms with Crippen LogP contribution in [0.2, 0.25) is 0 Å². The third kappa shape index (κ3) is 2.30. The highest BCUT2D eigenvalue weighted by Gasteiger charge is 2.16. The number of benzene rings is 1. The summed E-state index contributed by atoms with van der Waals surface area (Å²) >= 11 is 0. The van der Waals surface area contributed by atoms with Gasteiger partial charge in [0, 0.05) is 11.1 Å². The molecule has 1 fully saturated rings. The largest absolute Gasteiger partial charge is 0.345 e. The lowest BCUT2D eigenvalue weighted by Crippen LogP contribution is -2.17. The maximum Gasteiger partial charge on any atom is 0.345 e. The summed E-state index contributed by atoms with van der Waals surface area (Å²) in [5, 5.41) is 1.10. The van der Waals surface area contributed by atoms with E-state index in [1.54, 1.807) is 0 Å². The Morgan fingerprint density at radius 2 is 1.94 bits per heavy atom. The molecule has 1 saturated carbocycles. The fourth-order valence-electron chi connectivity index (χ4n) is 3.00. The zero-order chi connectivity index (χ0) is 12.4. The van der Waals surface area contributed by atoms with Crippen molar-refractivity contribution in [2.45, 2.75) is 38.5 Å². The smallest absolute Gasteiger partial charge is 0.309 e. The number of nitrogens with one attached hydrogen (secondary N) is 1. The molecule has 1 aliphatic carbocycles. The van der Waals surface area contributed by atoms with E-state index in [9.17, 15) is 4.79 Å². The van der Waals surface area contributed by atoms with Gasteiger partial charge in [0.05, 0.1) is 5.52 Å². The van der Waals surface area contributed by atoms with Crippen LogP contribution in [0.25, 0.3) is 10.9 Å². The summed E-state index contributed by atoms with van der Waals surface area (Å²) < 4.78 is 0. The first-order valence-corrected chi connectivity index (χ1v) is 6.81. The van der Waals surface area contributed by atoms with E-state index >= 15 is 0 Å². The van der Waals surface area contributed by atoms with Crippen LogP contribution in [-0.4, -0.2) is 9.97 Å². The molecule has 0 bridgehead atoms. The standard InChI is InChI=1S/C15H18N2O/c18-15-16-13-9-5-4-8-12(13)14(17-15)10-11-6-2-1-3-7-11/h4-5,8-9,11H,1-3,6-7,10H2,(H,16,17,18). The van der Waals surface area contributed by atoms with Crippen molar-refractivity contribution in [2.24, 2.45) is 5.92 Å². The molecule has 0 saturated heterocycles. The Labute approximate surface area is 106 Å². The lowest BCUT2D eigenvalue weighted by atomic mass is 9.85. The van der Waals surface area contributed by atoms with Crippen LogP contribution in [-0.2, 0) is 6.42 Å². The van der Waals surface area contributed by atoms with E-state index in [0.717, 1.165) is 28.9 Å². The Morgan fingerprint density at radius 3 is 2.78 bits per heavy atom. The van der Waals surface area contributed by atoms with Crippen LogP contribution < -0.4 is 5.69 Å². The van der Waals surface area contributed by atoms with Crippen molar-refractivity contribution in [1.82, 2.24) is 9.97 Å². The summed E-state index contributed by atoms with van der Waals surface area (Å²) in [5.74, 6) is 0.722. The van der Waals surface area contributed by atoms with Crippen molar-refractivity contribution < 1.29 is 0 Å². The molecule has 0 unspecified atom stereocenters. The van der Waals surface area contributed by atoms with E-state index < -0.39 is 0 Å². The second-order valence-corrected chi connectivity index (χ2v) is 5.25. The Morgan fingerprint density at radius 1 is 1.17 bits per heavy atom. The lowest BCUT2D eigenvalue weighted by molar-refractivity contribution is 0.355. The van der Waals surface area contributed by atoms with Gasteiger partial charge in [0.1, 0.15) is 0 Å². The van der Waals surface area contributed by atoms with Crippen molar-refractivity contribution >= 4 is 10.9 Å². The van der Waals surface area contributed by atoms with Gasteiger partial charge >= 0.3 is 5.69 Å². The molecular weight excluding hydrogens is 224 g/mol. The van der Waals surface area contributed by atoms with Crippen LogP contribution in [0.5, 0.6) is 0 Å². The van der Waals surface area contributed by atoms with Crippen LogP contribution in [0, 0.1) is 5.92 Å². The SMILES string of the molecule is O=c1nc2ccccc2c(CC2CCCCC2)[nH]1. The lowest BCUT2D eigenvalue weighted by Gasteiger charge is -2.21. The van der Waals surface area contributed by atoms with Gasteiger partial charge in [-0.1, -0.05) is 50.3 Å². The third-order valence-corrected chi connectivity index (χ3v) is 3.93. The molecule has 0 radical (unpaired) electrons. The molecular formula is C15H18N2O. The average Bonchev–Trinajstić information content (AvgIpc) is 2.40. The van der Waals surface area contributed by atoms with Crippen LogP contribution in [0.1, 0.15) is 37.8 Å². The monoisotopic (exact) mass is 242 g/mol. The third-order valence-electron chi connectivity index (χ3n) is 3.93. The molecule has 94 valence electrons. The second-order valence-electron chi connectivity index (χ2n) is 5.25. The number of nitrogens with zero attached hydrogens (tertiary/aromatic N) is 1. The average molecular weight is 242 g/mol. The minimum absolute atomic E-state index is 0.223. The maximum atomic E-state index is 11.6. The van der Waals surface area contributed by atoms with E-state index in [0.29, 0.717) is 0 Å². The van der Waals surface area contributed by atoms with Gasteiger partial charge in [-0.25, -0.2) is 4.79 Å². The quantitative estimate of drug-likeness (QED) is 0.879. The van der Waals surface area contributed by atoms with Gasteiger partial charge in [0.15, 0.2) is 0 Å². The van der Waals surface area contributed by atoms with Crippen LogP contribution in [0.15, 0.2) is 29.1 Å². The highest BCUT2D eigenvalue weighted by Crippen LogP contribution is 2.27. The maximum absolute atomic E-state index is 11.6. The molecule has 1 heterocycles. The van der Waals surface area contributed by atoms with E-state index in [1.807, 2.05) is 18.2 Å². The molecule has 0 amide bonds. The fourth-order valence-corrected chi connectivity index (χ4v) is 3.00. The topological polar surface area (TPSA) is 45.8 Å². The molecule has 1 N–H and O–H groups in total. The van der Waals surface area contributed by atoms with E-state index in [2.05, 4.69) is 16.0 Å². The molecule has 3 heteroatoms. The number of fused-ring (bicyclic) bond motifs is 1. The number of aromatic nitrogens is 2. The number of hydrogen-bond donors (Lipinski definition) is 1. The van der Waals surface area contributed by atoms with Gasteiger partial charge in [0.2, 0.25) is 0 Å². The molecule has 0 atom stereocenters. The summed E-state index contributed by atoms with van der Waals surface area (Å²) in [6, 6.07) is 7.90. The number of hydrogen-bond acceptors (Lipinski definition) is 2. The van der Waals surface area contributed by atoms with Gasteiger partial charge in [-0.3, -0.25) is 0 Å². The first-order chi connectivity index (χ1) is 8.83. The summed E-state index contributed by atoms with van der Waals surface area (Å²) in [5.41, 5.74) is 1.66. The minimum Gasteiger partial charge on any atom is -0.309 e. The predicted molar refractivity (Wildman–Crippen MR) is 72.6 cm³/mol. The molecule has 1 aliphatic rings. The highest BCUT2D eigenvalue weighted by molar-refractivity contribution is 5.80. The van der Waals surface area contributed by atoms with Crippen molar-refractivity contribution in [2.75, 3.05) is 0 Å². The number of rotatable bonds is 2. The Balaban J connectivity index is 1.97. The van der Waals surface area contributed by atoms with Gasteiger partial charge in [0.25, 0.3) is 0 Å². The second kappa shape index (κ2) is 4.92. The van der Waals surface area contributed by atoms with Gasteiger partial charge in [-0.15, -0.1) is 0 Å². The Bertz CT molecular complexity index is 597. The molecule has 0 spiro atoms. The molecule has 1 aromatic carbocycles. The zero-order valence-corrected chi connectivity index (χ0v) is 10.5. The molecule has 2 aromatic rings. The minimum atomic E-state index is -0.223. The normalized spacial score (nSPS) is 17.1. The number of H-pyrrole nitrogens is 1. The first kappa shape index (κ1) is 11.5. The Kier molecular flexibility index (Phi) is 3.13. The van der Waals surface area contributed by atoms with E-state index in [-0.39, 0.29) is 5.69 Å². The number of aromatic amines is 1. The first-order valence-electron chi connectivity index (χ1n) is 6.81. The molecule has 18 heavy (non-hydrogen) atoms. The fraction of sp³-hybridized carbons (Fsp3) is 0.467. The predicted octanol–water partition coefficient (Wildman–Crippen LogP) is 3.05. The van der Waals surface area contributed by atoms with Crippen molar-refractivity contribution in [3.05, 3.63) is 40.4 Å². The zero-order valence-electron chi connectivity index (χ0n) is 10.5. The Hall–Kier alpha value is -1.64. The summed E-state index contributed by atoms with van der Waals surface area (Å²) in [7, 11) is 0. The van der Waals surface area contributed by atoms with Crippen molar-refractivity contribution in [3.8, 4) is 0 Å². The van der Waals surface area contributed by atoms with Crippen LogP contribution in [0.4, 0.5) is 0 Å². The van der Waals surface area contributed by atoms with Gasteiger partial charge in [-0.05, 0) is 18.4 Å². The van der Waals surface area contributed by atoms with Gasteiger partial charge < -0.3 is 4.98 Å². The summed E-state index contributed by atoms with van der Waals surface area (Å²) in [4.78, 5) is 18.5. The highest BCUT2D eigenvalue weighted by atomic mass is 16.1.